The molecule has 2 rings (SSSR count). The predicted octanol–water partition coefficient (Wildman–Crippen LogP) is 4.65. The second-order valence-electron chi connectivity index (χ2n) is 4.39. The maximum absolute atomic E-state index is 5.68. The smallest absolute Gasteiger partial charge is 0.152 e. The summed E-state index contributed by atoms with van der Waals surface area (Å²) in [5.41, 5.74) is 1.80. The number of rotatable bonds is 7. The molecule has 0 amide bonds. The van der Waals surface area contributed by atoms with Crippen molar-refractivity contribution in [3.63, 3.8) is 0 Å². The molecule has 0 fully saturated rings. The molecule has 0 saturated carbocycles. The Balaban J connectivity index is 1.94. The van der Waals surface area contributed by atoms with Crippen LogP contribution >= 0.6 is 11.6 Å². The summed E-state index contributed by atoms with van der Waals surface area (Å²) in [4.78, 5) is 0. The van der Waals surface area contributed by atoms with Crippen LogP contribution in [0.5, 0.6) is 5.75 Å². The first-order valence-electron chi connectivity index (χ1n) is 6.58. The number of halogens is 1. The highest BCUT2D eigenvalue weighted by molar-refractivity contribution is 6.16. The molecule has 0 aliphatic rings. The molecule has 2 aromatic rings. The van der Waals surface area contributed by atoms with E-state index in [1.807, 2.05) is 30.3 Å². The average molecular weight is 280 g/mol. The van der Waals surface area contributed by atoms with Gasteiger partial charge < -0.3 is 9.26 Å². The molecular weight excluding hydrogens is 262 g/mol. The lowest BCUT2D eigenvalue weighted by atomic mass is 10.1. The van der Waals surface area contributed by atoms with Gasteiger partial charge in [0.05, 0.1) is 12.5 Å². The maximum atomic E-state index is 5.68. The van der Waals surface area contributed by atoms with Crippen molar-refractivity contribution in [2.24, 2.45) is 0 Å². The molecule has 4 heteroatoms. The fourth-order valence-corrected chi connectivity index (χ4v) is 1.90. The van der Waals surface area contributed by atoms with Crippen LogP contribution in [-0.4, -0.2) is 11.8 Å². The van der Waals surface area contributed by atoms with E-state index in [-0.39, 0.29) is 0 Å². The minimum atomic E-state index is 0.339. The number of hydrogen-bond donors (Lipinski definition) is 0. The van der Waals surface area contributed by atoms with Crippen LogP contribution in [0.4, 0.5) is 0 Å². The lowest BCUT2D eigenvalue weighted by Gasteiger charge is -2.05. The fraction of sp³-hybridized carbons (Fsp3) is 0.400. The van der Waals surface area contributed by atoms with Crippen LogP contribution in [0.15, 0.2) is 34.9 Å². The normalized spacial score (nSPS) is 10.6. The van der Waals surface area contributed by atoms with Crippen molar-refractivity contribution < 1.29 is 9.26 Å². The van der Waals surface area contributed by atoms with Crippen molar-refractivity contribution in [1.82, 2.24) is 5.16 Å². The van der Waals surface area contributed by atoms with Gasteiger partial charge in [0.25, 0.3) is 0 Å². The van der Waals surface area contributed by atoms with E-state index in [0.717, 1.165) is 30.0 Å². The van der Waals surface area contributed by atoms with Gasteiger partial charge in [0.1, 0.15) is 11.4 Å². The molecule has 0 saturated heterocycles. The quantitative estimate of drug-likeness (QED) is 0.547. The number of unbranched alkanes of at least 4 members (excludes halogenated alkanes) is 2. The topological polar surface area (TPSA) is 35.3 Å². The monoisotopic (exact) mass is 279 g/mol. The Bertz CT molecular complexity index is 493. The van der Waals surface area contributed by atoms with Crippen molar-refractivity contribution in [1.29, 1.82) is 0 Å². The van der Waals surface area contributed by atoms with Gasteiger partial charge in [-0.2, -0.15) is 0 Å². The zero-order valence-electron chi connectivity index (χ0n) is 11.1. The molecule has 19 heavy (non-hydrogen) atoms. The van der Waals surface area contributed by atoms with Gasteiger partial charge in [-0.05, 0) is 30.7 Å². The molecule has 0 aliphatic heterocycles. The van der Waals surface area contributed by atoms with E-state index < -0.39 is 0 Å². The van der Waals surface area contributed by atoms with Crippen LogP contribution in [0.3, 0.4) is 0 Å². The van der Waals surface area contributed by atoms with Gasteiger partial charge in [0.2, 0.25) is 0 Å². The summed E-state index contributed by atoms with van der Waals surface area (Å²) in [6.45, 7) is 2.95. The summed E-state index contributed by atoms with van der Waals surface area (Å²) in [5.74, 6) is 1.91. The Hall–Kier alpha value is -1.48. The van der Waals surface area contributed by atoms with Gasteiger partial charge in [-0.15, -0.1) is 11.6 Å². The molecule has 1 aromatic carbocycles. The van der Waals surface area contributed by atoms with E-state index in [2.05, 4.69) is 12.1 Å². The third kappa shape index (κ3) is 4.00. The summed E-state index contributed by atoms with van der Waals surface area (Å²) in [6, 6.07) is 9.72. The Morgan fingerprint density at radius 3 is 2.63 bits per heavy atom. The van der Waals surface area contributed by atoms with E-state index >= 15 is 0 Å². The number of nitrogens with zero attached hydrogens (tertiary/aromatic N) is 1. The van der Waals surface area contributed by atoms with E-state index in [0.29, 0.717) is 11.6 Å². The summed E-state index contributed by atoms with van der Waals surface area (Å²) >= 11 is 5.68. The molecule has 1 heterocycles. The van der Waals surface area contributed by atoms with Crippen LogP contribution in [0.25, 0.3) is 11.3 Å². The van der Waals surface area contributed by atoms with Crippen molar-refractivity contribution in [3.05, 3.63) is 36.1 Å². The zero-order valence-corrected chi connectivity index (χ0v) is 11.8. The van der Waals surface area contributed by atoms with Crippen molar-refractivity contribution in [2.75, 3.05) is 6.61 Å². The molecule has 1 aromatic heterocycles. The van der Waals surface area contributed by atoms with Gasteiger partial charge in [0, 0.05) is 11.6 Å². The second-order valence-corrected chi connectivity index (χ2v) is 4.66. The van der Waals surface area contributed by atoms with Crippen LogP contribution < -0.4 is 4.74 Å². The first kappa shape index (κ1) is 13.9. The third-order valence-electron chi connectivity index (χ3n) is 2.86. The zero-order chi connectivity index (χ0) is 13.5. The molecule has 0 bridgehead atoms. The number of ether oxygens (including phenoxy) is 1. The molecule has 0 radical (unpaired) electrons. The largest absolute Gasteiger partial charge is 0.494 e. The van der Waals surface area contributed by atoms with Crippen molar-refractivity contribution in [3.8, 4) is 17.0 Å². The lowest BCUT2D eigenvalue weighted by Crippen LogP contribution is -1.96. The molecule has 0 atom stereocenters. The highest BCUT2D eigenvalue weighted by Gasteiger charge is 2.05. The highest BCUT2D eigenvalue weighted by atomic mass is 35.5. The molecule has 0 unspecified atom stereocenters. The summed E-state index contributed by atoms with van der Waals surface area (Å²) in [5, 5.41) is 3.97. The Labute approximate surface area is 118 Å². The standard InChI is InChI=1S/C15H18ClNO2/c1-2-3-4-9-18-13-7-5-12(6-8-13)15-10-14(11-16)19-17-15/h5-8,10H,2-4,9,11H2,1H3. The van der Waals surface area contributed by atoms with Crippen LogP contribution in [-0.2, 0) is 5.88 Å². The number of aromatic nitrogens is 1. The molecular formula is C15H18ClNO2. The number of benzene rings is 1. The van der Waals surface area contributed by atoms with Crippen LogP contribution in [0, 0.1) is 0 Å². The van der Waals surface area contributed by atoms with Gasteiger partial charge >= 0.3 is 0 Å². The van der Waals surface area contributed by atoms with E-state index in [1.165, 1.54) is 12.8 Å². The SMILES string of the molecule is CCCCCOc1ccc(-c2cc(CCl)on2)cc1. The van der Waals surface area contributed by atoms with Gasteiger partial charge in [-0.3, -0.25) is 0 Å². The van der Waals surface area contributed by atoms with Crippen LogP contribution in [0.2, 0.25) is 0 Å². The molecule has 0 spiro atoms. The second kappa shape index (κ2) is 7.19. The minimum absolute atomic E-state index is 0.339. The van der Waals surface area contributed by atoms with E-state index in [4.69, 9.17) is 20.9 Å². The first-order valence-corrected chi connectivity index (χ1v) is 7.11. The maximum Gasteiger partial charge on any atom is 0.152 e. The predicted molar refractivity (Wildman–Crippen MR) is 76.5 cm³/mol. The van der Waals surface area contributed by atoms with Gasteiger partial charge in [0.15, 0.2) is 5.76 Å². The van der Waals surface area contributed by atoms with Crippen molar-refractivity contribution >= 4 is 11.6 Å². The Morgan fingerprint density at radius 2 is 2.00 bits per heavy atom. The summed E-state index contributed by atoms with van der Waals surface area (Å²) < 4.78 is 10.7. The van der Waals surface area contributed by atoms with Crippen molar-refractivity contribution in [2.45, 2.75) is 32.1 Å². The third-order valence-corrected chi connectivity index (χ3v) is 3.12. The Morgan fingerprint density at radius 1 is 1.21 bits per heavy atom. The number of hydrogen-bond acceptors (Lipinski definition) is 3. The number of alkyl halides is 1. The van der Waals surface area contributed by atoms with Gasteiger partial charge in [-0.1, -0.05) is 24.9 Å². The minimum Gasteiger partial charge on any atom is -0.494 e. The molecule has 3 nitrogen and oxygen atoms in total. The summed E-state index contributed by atoms with van der Waals surface area (Å²) in [7, 11) is 0. The average Bonchev–Trinajstić information content (AvgIpc) is 2.93. The Kier molecular flexibility index (Phi) is 5.28. The molecule has 0 N–H and O–H groups in total. The van der Waals surface area contributed by atoms with E-state index in [1.54, 1.807) is 0 Å². The van der Waals surface area contributed by atoms with E-state index in [9.17, 15) is 0 Å². The summed E-state index contributed by atoms with van der Waals surface area (Å²) in [6.07, 6.45) is 3.51. The fourth-order valence-electron chi connectivity index (χ4n) is 1.78. The van der Waals surface area contributed by atoms with Gasteiger partial charge in [-0.25, -0.2) is 0 Å². The highest BCUT2D eigenvalue weighted by Crippen LogP contribution is 2.22. The first-order chi connectivity index (χ1) is 9.33. The lowest BCUT2D eigenvalue weighted by molar-refractivity contribution is 0.306. The molecule has 102 valence electrons. The molecule has 0 aliphatic carbocycles. The van der Waals surface area contributed by atoms with Crippen LogP contribution in [0.1, 0.15) is 31.9 Å².